The second-order valence-electron chi connectivity index (χ2n) is 5.01. The van der Waals surface area contributed by atoms with Gasteiger partial charge in [-0.15, -0.1) is 0 Å². The lowest BCUT2D eigenvalue weighted by Gasteiger charge is -2.40. The van der Waals surface area contributed by atoms with Crippen LogP contribution >= 0.6 is 0 Å². The topological polar surface area (TPSA) is 37.3 Å². The number of carboxylic acids is 1. The van der Waals surface area contributed by atoms with Crippen LogP contribution in [-0.4, -0.2) is 11.1 Å². The number of allylic oxidation sites excluding steroid dienone is 2. The van der Waals surface area contributed by atoms with E-state index in [1.54, 1.807) is 0 Å². The molecule has 2 heteroatoms. The molecule has 2 aliphatic carbocycles. The number of rotatable bonds is 2. The maximum Gasteiger partial charge on any atom is 0.310 e. The second kappa shape index (κ2) is 4.38. The molecule has 15 heavy (non-hydrogen) atoms. The Morgan fingerprint density at radius 3 is 2.47 bits per heavy atom. The monoisotopic (exact) mass is 208 g/mol. The number of hydrogen-bond donors (Lipinski definition) is 1. The van der Waals surface area contributed by atoms with Crippen LogP contribution < -0.4 is 0 Å². The molecule has 2 rings (SSSR count). The fourth-order valence-electron chi connectivity index (χ4n) is 3.25. The molecular weight excluding hydrogens is 188 g/mol. The van der Waals surface area contributed by atoms with Crippen molar-refractivity contribution in [3.05, 3.63) is 12.2 Å². The van der Waals surface area contributed by atoms with Gasteiger partial charge in [0.25, 0.3) is 0 Å². The Morgan fingerprint density at radius 2 is 1.93 bits per heavy atom. The van der Waals surface area contributed by atoms with Gasteiger partial charge in [-0.3, -0.25) is 4.79 Å². The molecule has 1 atom stereocenters. The van der Waals surface area contributed by atoms with Crippen molar-refractivity contribution in [2.45, 2.75) is 51.4 Å². The molecule has 0 bridgehead atoms. The largest absolute Gasteiger partial charge is 0.481 e. The Kier molecular flexibility index (Phi) is 3.13. The van der Waals surface area contributed by atoms with E-state index in [1.807, 2.05) is 0 Å². The second-order valence-corrected chi connectivity index (χ2v) is 5.01. The predicted molar refractivity (Wildman–Crippen MR) is 59.6 cm³/mol. The highest BCUT2D eigenvalue weighted by molar-refractivity contribution is 5.75. The number of aliphatic carboxylic acids is 1. The molecule has 0 aromatic heterocycles. The van der Waals surface area contributed by atoms with E-state index in [0.29, 0.717) is 5.92 Å². The fraction of sp³-hybridized carbons (Fsp3) is 0.769. The summed E-state index contributed by atoms with van der Waals surface area (Å²) in [6, 6.07) is 0. The van der Waals surface area contributed by atoms with E-state index in [-0.39, 0.29) is 0 Å². The zero-order valence-corrected chi connectivity index (χ0v) is 9.24. The molecule has 0 spiro atoms. The minimum atomic E-state index is -0.557. The Morgan fingerprint density at radius 1 is 1.20 bits per heavy atom. The van der Waals surface area contributed by atoms with Crippen molar-refractivity contribution in [3.63, 3.8) is 0 Å². The van der Waals surface area contributed by atoms with Gasteiger partial charge in [0.1, 0.15) is 0 Å². The van der Waals surface area contributed by atoms with Crippen LogP contribution in [0.4, 0.5) is 0 Å². The maximum absolute atomic E-state index is 11.5. The maximum atomic E-state index is 11.5. The number of carbonyl (C=O) groups is 1. The van der Waals surface area contributed by atoms with Crippen molar-refractivity contribution < 1.29 is 9.90 Å². The lowest BCUT2D eigenvalue weighted by atomic mass is 9.63. The normalized spacial score (nSPS) is 32.8. The van der Waals surface area contributed by atoms with E-state index < -0.39 is 11.4 Å². The van der Waals surface area contributed by atoms with Gasteiger partial charge in [0, 0.05) is 0 Å². The van der Waals surface area contributed by atoms with Crippen LogP contribution in [-0.2, 0) is 4.79 Å². The van der Waals surface area contributed by atoms with Gasteiger partial charge in [-0.05, 0) is 38.0 Å². The molecule has 0 aromatic carbocycles. The molecule has 0 aromatic rings. The zero-order chi connectivity index (χ0) is 10.7. The Hall–Kier alpha value is -0.790. The minimum absolute atomic E-state index is 0.421. The summed E-state index contributed by atoms with van der Waals surface area (Å²) in [6.45, 7) is 0. The van der Waals surface area contributed by atoms with Gasteiger partial charge in [-0.1, -0.05) is 31.4 Å². The highest BCUT2D eigenvalue weighted by atomic mass is 16.4. The molecule has 1 saturated carbocycles. The summed E-state index contributed by atoms with van der Waals surface area (Å²) in [7, 11) is 0. The smallest absolute Gasteiger partial charge is 0.310 e. The fourth-order valence-corrected chi connectivity index (χ4v) is 3.25. The van der Waals surface area contributed by atoms with Crippen molar-refractivity contribution in [3.8, 4) is 0 Å². The minimum Gasteiger partial charge on any atom is -0.481 e. The molecule has 0 aliphatic heterocycles. The van der Waals surface area contributed by atoms with Gasteiger partial charge >= 0.3 is 5.97 Å². The van der Waals surface area contributed by atoms with Gasteiger partial charge < -0.3 is 5.11 Å². The molecule has 0 radical (unpaired) electrons. The highest BCUT2D eigenvalue weighted by Gasteiger charge is 2.45. The van der Waals surface area contributed by atoms with Crippen LogP contribution in [0.2, 0.25) is 0 Å². The summed E-state index contributed by atoms with van der Waals surface area (Å²) in [5, 5.41) is 9.51. The van der Waals surface area contributed by atoms with E-state index in [1.165, 1.54) is 19.3 Å². The van der Waals surface area contributed by atoms with Gasteiger partial charge in [-0.2, -0.15) is 0 Å². The van der Waals surface area contributed by atoms with Crippen LogP contribution in [0.3, 0.4) is 0 Å². The first kappa shape index (κ1) is 10.7. The molecule has 2 nitrogen and oxygen atoms in total. The number of hydrogen-bond acceptors (Lipinski definition) is 1. The third-order valence-electron chi connectivity index (χ3n) is 4.22. The van der Waals surface area contributed by atoms with Crippen molar-refractivity contribution in [1.82, 2.24) is 0 Å². The third-order valence-corrected chi connectivity index (χ3v) is 4.22. The van der Waals surface area contributed by atoms with Gasteiger partial charge in [0.05, 0.1) is 5.41 Å². The Balaban J connectivity index is 2.17. The summed E-state index contributed by atoms with van der Waals surface area (Å²) < 4.78 is 0. The Labute approximate surface area is 91.4 Å². The Bertz CT molecular complexity index is 264. The average Bonchev–Trinajstić information content (AvgIpc) is 2.31. The first-order valence-electron chi connectivity index (χ1n) is 6.14. The third kappa shape index (κ3) is 1.95. The lowest BCUT2D eigenvalue weighted by Crippen LogP contribution is -2.40. The molecule has 2 aliphatic rings. The standard InChI is InChI=1S/C13H20O2/c14-12(15)13(9-5-2-6-10-13)11-7-3-1-4-8-11/h2,5,11H,1,3-4,6-10H2,(H,14,15). The highest BCUT2D eigenvalue weighted by Crippen LogP contribution is 2.46. The molecule has 84 valence electrons. The van der Waals surface area contributed by atoms with Gasteiger partial charge in [0.15, 0.2) is 0 Å². The first-order chi connectivity index (χ1) is 7.26. The van der Waals surface area contributed by atoms with E-state index in [0.717, 1.165) is 32.1 Å². The number of carboxylic acid groups (broad SMARTS) is 1. The SMILES string of the molecule is O=C(O)C1(C2CCCCC2)CC=CCC1. The van der Waals surface area contributed by atoms with Gasteiger partial charge in [0.2, 0.25) is 0 Å². The van der Waals surface area contributed by atoms with Crippen LogP contribution in [0.1, 0.15) is 51.4 Å². The summed E-state index contributed by atoms with van der Waals surface area (Å²) in [5.74, 6) is -0.132. The molecular formula is C13H20O2. The molecule has 0 heterocycles. The van der Waals surface area contributed by atoms with Crippen molar-refractivity contribution in [2.75, 3.05) is 0 Å². The summed E-state index contributed by atoms with van der Waals surface area (Å²) in [4.78, 5) is 11.5. The van der Waals surface area contributed by atoms with Crippen molar-refractivity contribution in [1.29, 1.82) is 0 Å². The summed E-state index contributed by atoms with van der Waals surface area (Å²) in [5.41, 5.74) is -0.421. The van der Waals surface area contributed by atoms with E-state index in [4.69, 9.17) is 0 Å². The molecule has 0 saturated heterocycles. The van der Waals surface area contributed by atoms with Crippen molar-refractivity contribution >= 4 is 5.97 Å². The lowest BCUT2D eigenvalue weighted by molar-refractivity contribution is -0.154. The van der Waals surface area contributed by atoms with Crippen molar-refractivity contribution in [2.24, 2.45) is 11.3 Å². The molecule has 1 N–H and O–H groups in total. The van der Waals surface area contributed by atoms with Crippen LogP contribution in [0.15, 0.2) is 12.2 Å². The van der Waals surface area contributed by atoms with E-state index >= 15 is 0 Å². The molecule has 1 unspecified atom stereocenters. The van der Waals surface area contributed by atoms with Crippen LogP contribution in [0, 0.1) is 11.3 Å². The quantitative estimate of drug-likeness (QED) is 0.706. The van der Waals surface area contributed by atoms with Crippen LogP contribution in [0.5, 0.6) is 0 Å². The first-order valence-corrected chi connectivity index (χ1v) is 6.14. The van der Waals surface area contributed by atoms with Gasteiger partial charge in [-0.25, -0.2) is 0 Å². The average molecular weight is 208 g/mol. The van der Waals surface area contributed by atoms with E-state index in [9.17, 15) is 9.90 Å². The van der Waals surface area contributed by atoms with Crippen LogP contribution in [0.25, 0.3) is 0 Å². The molecule has 1 fully saturated rings. The zero-order valence-electron chi connectivity index (χ0n) is 9.24. The molecule has 0 amide bonds. The van der Waals surface area contributed by atoms with E-state index in [2.05, 4.69) is 12.2 Å². The predicted octanol–water partition coefficient (Wildman–Crippen LogP) is 3.38. The summed E-state index contributed by atoms with van der Waals surface area (Å²) >= 11 is 0. The summed E-state index contributed by atoms with van der Waals surface area (Å²) in [6.07, 6.45) is 12.8.